The van der Waals surface area contributed by atoms with E-state index in [0.29, 0.717) is 24.4 Å². The number of thiazole rings is 4. The molecule has 1 atom stereocenters. The molecule has 17 heteroatoms. The first-order valence-electron chi connectivity index (χ1n) is 22.9. The van der Waals surface area contributed by atoms with Crippen molar-refractivity contribution in [1.29, 1.82) is 0 Å². The first-order valence-corrected chi connectivity index (χ1v) is 26.2. The molecule has 0 aliphatic rings. The van der Waals surface area contributed by atoms with Crippen molar-refractivity contribution in [2.75, 3.05) is 6.61 Å². The lowest BCUT2D eigenvalue weighted by atomic mass is 10.1. The minimum absolute atomic E-state index is 0.0286. The lowest BCUT2D eigenvalue weighted by Gasteiger charge is -2.10. The summed E-state index contributed by atoms with van der Waals surface area (Å²) in [5.41, 5.74) is 13.3. The van der Waals surface area contributed by atoms with E-state index in [0.717, 1.165) is 70.7 Å². The van der Waals surface area contributed by atoms with Gasteiger partial charge in [-0.1, -0.05) is 99.9 Å². The first-order chi connectivity index (χ1) is 34.5. The van der Waals surface area contributed by atoms with Crippen molar-refractivity contribution in [3.05, 3.63) is 179 Å². The van der Waals surface area contributed by atoms with E-state index < -0.39 is 6.10 Å². The molecule has 0 bridgehead atoms. The monoisotopic (exact) mass is 1020 g/mol. The summed E-state index contributed by atoms with van der Waals surface area (Å²) in [6.45, 7) is 10.5. The van der Waals surface area contributed by atoms with E-state index in [2.05, 4.69) is 106 Å². The second kappa shape index (κ2) is 20.3. The number of fused-ring (bicyclic) bond motifs is 12. The highest BCUT2D eigenvalue weighted by atomic mass is 32.1. The van der Waals surface area contributed by atoms with Crippen molar-refractivity contribution in [1.82, 2.24) is 37.5 Å². The number of imidazole rings is 4. The van der Waals surface area contributed by atoms with Crippen molar-refractivity contribution in [2.24, 2.45) is 0 Å². The highest BCUT2D eigenvalue weighted by Crippen LogP contribution is 2.33. The van der Waals surface area contributed by atoms with Crippen molar-refractivity contribution < 1.29 is 24.5 Å². The number of hydrogen-bond acceptors (Lipinski definition) is 13. The van der Waals surface area contributed by atoms with Crippen LogP contribution in [0.2, 0.25) is 0 Å². The number of aliphatic hydroxyl groups excluding tert-OH is 2. The van der Waals surface area contributed by atoms with Crippen LogP contribution in [0.25, 0.3) is 60.7 Å². The lowest BCUT2D eigenvalue weighted by molar-refractivity contribution is 0.0518. The Hall–Kier alpha value is -7.12. The fraction of sp³-hybridized carbons (Fsp3) is 0.185. The van der Waals surface area contributed by atoms with Gasteiger partial charge in [-0.15, -0.1) is 0 Å². The molecule has 13 rings (SSSR count). The van der Waals surface area contributed by atoms with Gasteiger partial charge in [0.2, 0.25) is 0 Å². The number of aliphatic hydroxyl groups is 2. The number of carbonyl (C=O) groups is 2. The van der Waals surface area contributed by atoms with Gasteiger partial charge in [-0.25, -0.2) is 24.7 Å². The van der Waals surface area contributed by atoms with Gasteiger partial charge in [0.15, 0.2) is 31.8 Å². The van der Waals surface area contributed by atoms with Crippen LogP contribution in [0.3, 0.4) is 0 Å². The van der Waals surface area contributed by atoms with Gasteiger partial charge in [-0.2, -0.15) is 0 Å². The van der Waals surface area contributed by atoms with Crippen LogP contribution in [-0.2, 0) is 17.8 Å². The third-order valence-corrected chi connectivity index (χ3v) is 16.0. The number of benzene rings is 5. The van der Waals surface area contributed by atoms with Crippen molar-refractivity contribution >= 4 is 118 Å². The Bertz CT molecular complexity index is 4040. The summed E-state index contributed by atoms with van der Waals surface area (Å²) >= 11 is 6.50. The quantitative estimate of drug-likeness (QED) is 0.112. The molecule has 0 spiro atoms. The Kier molecular flexibility index (Phi) is 13.6. The molecule has 0 saturated heterocycles. The number of aryl methyl sites for hydroxylation is 5. The maximum Gasteiger partial charge on any atom is 0.357 e. The van der Waals surface area contributed by atoms with E-state index in [1.165, 1.54) is 41.9 Å². The van der Waals surface area contributed by atoms with Crippen LogP contribution in [0.4, 0.5) is 0 Å². The van der Waals surface area contributed by atoms with E-state index in [1.54, 1.807) is 77.1 Å². The van der Waals surface area contributed by atoms with E-state index in [9.17, 15) is 19.8 Å². The SMILES string of the molecule is CCOC(=O)c1cnc2sc3cc(C)ccc3n12.Cc1ccc2c(c1)sc1ncc(C(O)CCc3ccccc3)n12.Cc1ccc2c(c1)sc1ncc(C=O)n12.Cc1ccc2c(c1)sc1ncc(CO)n12. The van der Waals surface area contributed by atoms with Crippen molar-refractivity contribution in [3.8, 4) is 0 Å². The van der Waals surface area contributed by atoms with Crippen LogP contribution in [0, 0.1) is 27.7 Å². The Morgan fingerprint density at radius 2 is 1.07 bits per heavy atom. The second-order valence-corrected chi connectivity index (χ2v) is 21.1. The first kappa shape index (κ1) is 47.6. The van der Waals surface area contributed by atoms with E-state index in [4.69, 9.17) is 4.74 Å². The molecule has 2 N–H and O–H groups in total. The Labute approximate surface area is 423 Å². The van der Waals surface area contributed by atoms with Gasteiger partial charge in [0, 0.05) is 0 Å². The number of carbonyl (C=O) groups excluding carboxylic acids is 2. The number of aldehydes is 1. The molecule has 71 heavy (non-hydrogen) atoms. The highest BCUT2D eigenvalue weighted by Gasteiger charge is 2.19. The van der Waals surface area contributed by atoms with Gasteiger partial charge < -0.3 is 14.9 Å². The molecule has 5 aromatic carbocycles. The van der Waals surface area contributed by atoms with E-state index in [-0.39, 0.29) is 12.6 Å². The minimum atomic E-state index is -0.510. The zero-order valence-electron chi connectivity index (χ0n) is 39.4. The number of rotatable bonds is 8. The van der Waals surface area contributed by atoms with Gasteiger partial charge in [-0.3, -0.25) is 22.4 Å². The number of esters is 1. The van der Waals surface area contributed by atoms with Crippen molar-refractivity contribution in [2.45, 2.75) is 60.2 Å². The molecular weight excluding hydrogens is 969 g/mol. The molecule has 0 amide bonds. The summed E-state index contributed by atoms with van der Waals surface area (Å²) in [4.78, 5) is 43.5. The van der Waals surface area contributed by atoms with E-state index >= 15 is 0 Å². The van der Waals surface area contributed by atoms with Crippen LogP contribution in [0.15, 0.2) is 128 Å². The molecule has 0 radical (unpaired) electrons. The lowest BCUT2D eigenvalue weighted by Crippen LogP contribution is -2.07. The highest BCUT2D eigenvalue weighted by molar-refractivity contribution is 7.24. The second-order valence-electron chi connectivity index (χ2n) is 17.1. The fourth-order valence-corrected chi connectivity index (χ4v) is 12.9. The predicted molar refractivity (Wildman–Crippen MR) is 288 cm³/mol. The molecule has 0 fully saturated rings. The molecule has 358 valence electrons. The molecular formula is C54H48N8O5S4. The molecule has 8 aromatic heterocycles. The fourth-order valence-electron chi connectivity index (χ4n) is 8.48. The molecule has 0 aliphatic carbocycles. The maximum atomic E-state index is 11.8. The Balaban J connectivity index is 0.000000111. The van der Waals surface area contributed by atoms with Gasteiger partial charge in [0.25, 0.3) is 0 Å². The minimum Gasteiger partial charge on any atom is -0.461 e. The zero-order chi connectivity index (χ0) is 49.3. The summed E-state index contributed by atoms with van der Waals surface area (Å²) in [6.07, 6.45) is 8.60. The third-order valence-electron chi connectivity index (χ3n) is 11.9. The van der Waals surface area contributed by atoms with Gasteiger partial charge >= 0.3 is 5.97 Å². The smallest absolute Gasteiger partial charge is 0.357 e. The average molecular weight is 1020 g/mol. The Morgan fingerprint density at radius 1 is 0.606 bits per heavy atom. The maximum absolute atomic E-state index is 11.8. The van der Waals surface area contributed by atoms with Gasteiger partial charge in [-0.05, 0) is 124 Å². The topological polar surface area (TPSA) is 153 Å². The molecule has 0 aliphatic heterocycles. The van der Waals surface area contributed by atoms with Crippen LogP contribution >= 0.6 is 45.3 Å². The zero-order valence-corrected chi connectivity index (χ0v) is 42.7. The Morgan fingerprint density at radius 3 is 1.62 bits per heavy atom. The van der Waals surface area contributed by atoms with Crippen LogP contribution in [-0.4, -0.2) is 66.6 Å². The largest absolute Gasteiger partial charge is 0.461 e. The van der Waals surface area contributed by atoms with Crippen LogP contribution in [0.5, 0.6) is 0 Å². The number of nitrogens with zero attached hydrogens (tertiary/aromatic N) is 8. The molecule has 8 heterocycles. The van der Waals surface area contributed by atoms with Crippen LogP contribution < -0.4 is 0 Å². The molecule has 13 aromatic rings. The average Bonchev–Trinajstić information content (AvgIpc) is 4.24. The van der Waals surface area contributed by atoms with Crippen molar-refractivity contribution in [3.63, 3.8) is 0 Å². The summed E-state index contributed by atoms with van der Waals surface area (Å²) in [5.74, 6) is -0.328. The molecule has 0 saturated carbocycles. The number of ether oxygens (including phenoxy) is 1. The summed E-state index contributed by atoms with van der Waals surface area (Å²) in [5, 5.41) is 19.8. The predicted octanol–water partition coefficient (Wildman–Crippen LogP) is 12.6. The number of hydrogen-bond donors (Lipinski definition) is 2. The van der Waals surface area contributed by atoms with Gasteiger partial charge in [0.05, 0.1) is 96.4 Å². The molecule has 1 unspecified atom stereocenters. The summed E-state index contributed by atoms with van der Waals surface area (Å²) in [7, 11) is 0. The normalized spacial score (nSPS) is 11.9. The number of aromatic nitrogens is 8. The summed E-state index contributed by atoms with van der Waals surface area (Å²) in [6, 6.07) is 35.3. The summed E-state index contributed by atoms with van der Waals surface area (Å²) < 4.78 is 17.6. The third kappa shape index (κ3) is 9.47. The van der Waals surface area contributed by atoms with Gasteiger partial charge in [0.1, 0.15) is 5.69 Å². The van der Waals surface area contributed by atoms with E-state index in [1.807, 2.05) is 62.6 Å². The standard InChI is InChI=1S/C19H18N2OS.C13H12N2O2S.C11H10N2OS.C11H8N2OS/c1-13-7-9-15-18(11-13)23-19-20-12-16(21(15)19)17(22)10-8-14-5-3-2-4-6-14;1-3-17-12(16)10-7-14-13-15(10)9-5-4-8(2)6-11(9)18-13;2*1-7-2-3-9-10(4-7)15-11-12-5-8(6-14)13(9)11/h2-7,9,11-12,17,22H,8,10H2,1H3;4-7H,3H2,1-2H3;2-5,14H,6H2,1H3;2-6H,1H3. The molecule has 13 nitrogen and oxygen atoms in total. The van der Waals surface area contributed by atoms with Crippen LogP contribution in [0.1, 0.15) is 79.6 Å².